The van der Waals surface area contributed by atoms with Crippen LogP contribution in [0.4, 0.5) is 0 Å². The Kier molecular flexibility index (Phi) is 2.15. The average molecular weight is 232 g/mol. The lowest BCUT2D eigenvalue weighted by Gasteiger charge is -2.37. The third-order valence-corrected chi connectivity index (χ3v) is 4.05. The molecule has 0 unspecified atom stereocenters. The van der Waals surface area contributed by atoms with Gasteiger partial charge in [-0.3, -0.25) is 4.79 Å². The fourth-order valence-corrected chi connectivity index (χ4v) is 2.72. The number of hydrogen-bond donors (Lipinski definition) is 0. The van der Waals surface area contributed by atoms with Gasteiger partial charge in [-0.2, -0.15) is 0 Å². The van der Waals surface area contributed by atoms with Crippen LogP contribution in [0.3, 0.4) is 0 Å². The first-order chi connectivity index (χ1) is 5.72. The summed E-state index contributed by atoms with van der Waals surface area (Å²) in [6.07, 6.45) is 5.64. The number of hydrogen-bond acceptors (Lipinski definition) is 1. The van der Waals surface area contributed by atoms with Gasteiger partial charge in [-0.15, -0.1) is 0 Å². The molecule has 1 amide bonds. The maximum absolute atomic E-state index is 11.8. The quantitative estimate of drug-likeness (QED) is 0.632. The molecule has 1 aliphatic heterocycles. The van der Waals surface area contributed by atoms with Crippen LogP contribution in [-0.2, 0) is 4.79 Å². The van der Waals surface area contributed by atoms with Crippen LogP contribution in [0.15, 0.2) is 0 Å². The van der Waals surface area contributed by atoms with E-state index >= 15 is 0 Å². The maximum atomic E-state index is 11.8. The molecule has 0 bridgehead atoms. The molecule has 0 radical (unpaired) electrons. The molecule has 1 aliphatic carbocycles. The SMILES string of the molecule is O=C(N1CCCC1)C1(Br)CCC1. The number of nitrogens with zero attached hydrogens (tertiary/aromatic N) is 1. The second-order valence-electron chi connectivity index (χ2n) is 3.82. The van der Waals surface area contributed by atoms with Gasteiger partial charge in [0.1, 0.15) is 4.32 Å². The summed E-state index contributed by atoms with van der Waals surface area (Å²) in [4.78, 5) is 13.8. The molecule has 0 spiro atoms. The van der Waals surface area contributed by atoms with Crippen LogP contribution in [-0.4, -0.2) is 28.2 Å². The van der Waals surface area contributed by atoms with Gasteiger partial charge in [0.25, 0.3) is 0 Å². The lowest BCUT2D eigenvalue weighted by molar-refractivity contribution is -0.134. The molecule has 0 N–H and O–H groups in total. The van der Waals surface area contributed by atoms with Crippen LogP contribution in [0.5, 0.6) is 0 Å². The molecule has 1 saturated heterocycles. The summed E-state index contributed by atoms with van der Waals surface area (Å²) in [5.41, 5.74) is 0. The number of alkyl halides is 1. The predicted molar refractivity (Wildman–Crippen MR) is 51.3 cm³/mol. The maximum Gasteiger partial charge on any atom is 0.239 e. The smallest absolute Gasteiger partial charge is 0.239 e. The lowest BCUT2D eigenvalue weighted by Crippen LogP contribution is -2.48. The van der Waals surface area contributed by atoms with Crippen LogP contribution in [0, 0.1) is 0 Å². The Labute approximate surface area is 81.4 Å². The summed E-state index contributed by atoms with van der Waals surface area (Å²) in [6.45, 7) is 1.96. The Morgan fingerprint density at radius 3 is 2.17 bits per heavy atom. The van der Waals surface area contributed by atoms with E-state index in [9.17, 15) is 4.79 Å². The summed E-state index contributed by atoms with van der Waals surface area (Å²) in [7, 11) is 0. The number of likely N-dealkylation sites (tertiary alicyclic amines) is 1. The number of carbonyl (C=O) groups is 1. The summed E-state index contributed by atoms with van der Waals surface area (Å²) < 4.78 is -0.155. The summed E-state index contributed by atoms with van der Waals surface area (Å²) in [5.74, 6) is 0.339. The highest BCUT2D eigenvalue weighted by atomic mass is 79.9. The van der Waals surface area contributed by atoms with Crippen LogP contribution in [0.2, 0.25) is 0 Å². The number of rotatable bonds is 1. The zero-order valence-corrected chi connectivity index (χ0v) is 8.77. The fraction of sp³-hybridized carbons (Fsp3) is 0.889. The Bertz CT molecular complexity index is 195. The first-order valence-electron chi connectivity index (χ1n) is 4.71. The van der Waals surface area contributed by atoms with Crippen molar-refractivity contribution >= 4 is 21.8 Å². The Hall–Kier alpha value is -0.0500. The first kappa shape index (κ1) is 8.54. The third kappa shape index (κ3) is 1.28. The second-order valence-corrected chi connectivity index (χ2v) is 5.34. The van der Waals surface area contributed by atoms with E-state index in [0.29, 0.717) is 5.91 Å². The van der Waals surface area contributed by atoms with Crippen molar-refractivity contribution in [3.05, 3.63) is 0 Å². The van der Waals surface area contributed by atoms with Crippen molar-refractivity contribution in [3.63, 3.8) is 0 Å². The minimum Gasteiger partial charge on any atom is -0.341 e. The minimum absolute atomic E-state index is 0.155. The topological polar surface area (TPSA) is 20.3 Å². The molecular weight excluding hydrogens is 218 g/mol. The minimum atomic E-state index is -0.155. The van der Waals surface area contributed by atoms with Crippen molar-refractivity contribution in [3.8, 4) is 0 Å². The van der Waals surface area contributed by atoms with Gasteiger partial charge in [0.2, 0.25) is 5.91 Å². The fourth-order valence-electron chi connectivity index (χ4n) is 1.90. The average Bonchev–Trinajstić information content (AvgIpc) is 2.50. The van der Waals surface area contributed by atoms with Gasteiger partial charge in [-0.25, -0.2) is 0 Å². The van der Waals surface area contributed by atoms with Gasteiger partial charge in [-0.1, -0.05) is 15.9 Å². The van der Waals surface area contributed by atoms with Crippen LogP contribution >= 0.6 is 15.9 Å². The Morgan fingerprint density at radius 2 is 1.75 bits per heavy atom. The molecule has 2 fully saturated rings. The molecule has 1 saturated carbocycles. The predicted octanol–water partition coefficient (Wildman–Crippen LogP) is 1.93. The third-order valence-electron chi connectivity index (χ3n) is 2.92. The summed E-state index contributed by atoms with van der Waals surface area (Å²) in [5, 5.41) is 0. The monoisotopic (exact) mass is 231 g/mol. The molecule has 2 rings (SSSR count). The highest BCUT2D eigenvalue weighted by molar-refractivity contribution is 9.10. The molecule has 3 heteroatoms. The number of halogens is 1. The molecular formula is C9H14BrNO. The Morgan fingerprint density at radius 1 is 1.17 bits per heavy atom. The molecule has 0 aromatic carbocycles. The largest absolute Gasteiger partial charge is 0.341 e. The van der Waals surface area contributed by atoms with E-state index in [4.69, 9.17) is 0 Å². The van der Waals surface area contributed by atoms with Crippen molar-refractivity contribution < 1.29 is 4.79 Å². The van der Waals surface area contributed by atoms with Crippen LogP contribution in [0.25, 0.3) is 0 Å². The summed E-state index contributed by atoms with van der Waals surface area (Å²) in [6, 6.07) is 0. The zero-order chi connectivity index (χ0) is 8.60. The van der Waals surface area contributed by atoms with E-state index in [1.165, 1.54) is 19.3 Å². The van der Waals surface area contributed by atoms with Gasteiger partial charge in [0.05, 0.1) is 0 Å². The molecule has 0 aromatic rings. The molecule has 12 heavy (non-hydrogen) atoms. The van der Waals surface area contributed by atoms with Gasteiger partial charge in [-0.05, 0) is 32.1 Å². The van der Waals surface area contributed by atoms with E-state index in [0.717, 1.165) is 25.9 Å². The van der Waals surface area contributed by atoms with E-state index in [1.54, 1.807) is 0 Å². The number of amides is 1. The van der Waals surface area contributed by atoms with E-state index in [2.05, 4.69) is 15.9 Å². The molecule has 68 valence electrons. The van der Waals surface area contributed by atoms with Crippen LogP contribution in [0.1, 0.15) is 32.1 Å². The normalized spacial score (nSPS) is 26.9. The molecule has 2 nitrogen and oxygen atoms in total. The highest BCUT2D eigenvalue weighted by Gasteiger charge is 2.44. The Balaban J connectivity index is 1.98. The van der Waals surface area contributed by atoms with E-state index < -0.39 is 0 Å². The van der Waals surface area contributed by atoms with Gasteiger partial charge in [0, 0.05) is 13.1 Å². The van der Waals surface area contributed by atoms with Gasteiger partial charge in [0.15, 0.2) is 0 Å². The lowest BCUT2D eigenvalue weighted by atomic mass is 9.84. The second kappa shape index (κ2) is 3.02. The molecule has 1 heterocycles. The van der Waals surface area contributed by atoms with Gasteiger partial charge < -0.3 is 4.90 Å². The van der Waals surface area contributed by atoms with Crippen molar-refractivity contribution in [1.29, 1.82) is 0 Å². The highest BCUT2D eigenvalue weighted by Crippen LogP contribution is 2.42. The number of carbonyl (C=O) groups excluding carboxylic acids is 1. The van der Waals surface area contributed by atoms with E-state index in [-0.39, 0.29) is 4.32 Å². The van der Waals surface area contributed by atoms with Crippen molar-refractivity contribution in [2.45, 2.75) is 36.4 Å². The molecule has 2 aliphatic rings. The van der Waals surface area contributed by atoms with Gasteiger partial charge >= 0.3 is 0 Å². The summed E-state index contributed by atoms with van der Waals surface area (Å²) >= 11 is 3.55. The first-order valence-corrected chi connectivity index (χ1v) is 5.50. The standard InChI is InChI=1S/C9H14BrNO/c10-9(4-3-5-9)8(12)11-6-1-2-7-11/h1-7H2. The molecule has 0 atom stereocenters. The van der Waals surface area contributed by atoms with Crippen molar-refractivity contribution in [2.24, 2.45) is 0 Å². The van der Waals surface area contributed by atoms with Crippen molar-refractivity contribution in [2.75, 3.05) is 13.1 Å². The van der Waals surface area contributed by atoms with E-state index in [1.807, 2.05) is 4.90 Å². The van der Waals surface area contributed by atoms with Crippen molar-refractivity contribution in [1.82, 2.24) is 4.90 Å². The zero-order valence-electron chi connectivity index (χ0n) is 7.18. The molecule has 0 aromatic heterocycles. The van der Waals surface area contributed by atoms with Crippen LogP contribution < -0.4 is 0 Å².